The van der Waals surface area contributed by atoms with Crippen molar-refractivity contribution in [2.75, 3.05) is 38.2 Å². The number of aromatic hydroxyl groups is 1. The van der Waals surface area contributed by atoms with E-state index in [1.54, 1.807) is 18.2 Å². The SMILES string of the molecule is C=CC(=O)N1C2CC(=O)CC1CN(c1nc(OC[C@@H]3CCCN3C)nc3c1CN(Cc1cc(O)ccc1Cl)C3)C2. The van der Waals surface area contributed by atoms with Crippen molar-refractivity contribution in [2.45, 2.75) is 63.4 Å². The summed E-state index contributed by atoms with van der Waals surface area (Å²) >= 11 is 6.43. The highest BCUT2D eigenvalue weighted by Gasteiger charge is 2.44. The number of piperazine rings is 1. The maximum absolute atomic E-state index is 12.7. The number of fused-ring (bicyclic) bond motifs is 3. The van der Waals surface area contributed by atoms with Gasteiger partial charge < -0.3 is 24.5 Å². The van der Waals surface area contributed by atoms with Gasteiger partial charge in [-0.15, -0.1) is 0 Å². The molecule has 11 heteroatoms. The van der Waals surface area contributed by atoms with Gasteiger partial charge in [-0.3, -0.25) is 14.5 Å². The zero-order valence-electron chi connectivity index (χ0n) is 22.8. The van der Waals surface area contributed by atoms with E-state index in [1.165, 1.54) is 6.08 Å². The predicted octanol–water partition coefficient (Wildman–Crippen LogP) is 2.76. The summed E-state index contributed by atoms with van der Waals surface area (Å²) in [5.74, 6) is 1.04. The van der Waals surface area contributed by atoms with E-state index >= 15 is 0 Å². The van der Waals surface area contributed by atoms with E-state index < -0.39 is 0 Å². The maximum Gasteiger partial charge on any atom is 0.318 e. The lowest BCUT2D eigenvalue weighted by atomic mass is 9.90. The van der Waals surface area contributed by atoms with Crippen molar-refractivity contribution >= 4 is 29.1 Å². The van der Waals surface area contributed by atoms with Crippen molar-refractivity contribution in [3.63, 3.8) is 0 Å². The van der Waals surface area contributed by atoms with Crippen LogP contribution < -0.4 is 9.64 Å². The molecular weight excluding hydrogens is 532 g/mol. The highest BCUT2D eigenvalue weighted by molar-refractivity contribution is 6.31. The number of halogens is 1. The Morgan fingerprint density at radius 3 is 2.70 bits per heavy atom. The van der Waals surface area contributed by atoms with E-state index in [0.717, 1.165) is 42.0 Å². The van der Waals surface area contributed by atoms with Crippen LogP contribution in [0.5, 0.6) is 11.8 Å². The van der Waals surface area contributed by atoms with Gasteiger partial charge in [-0.2, -0.15) is 9.97 Å². The molecule has 2 unspecified atom stereocenters. The number of ketones is 1. The maximum atomic E-state index is 12.7. The second-order valence-electron chi connectivity index (χ2n) is 11.4. The standard InChI is InChI=1S/C29H35ClN6O4/c1-3-27(39)36-20-10-23(38)11-21(36)14-35(13-20)28-24-15-34(12-18-9-22(37)6-7-25(18)30)16-26(24)31-29(32-28)40-17-19-5-4-8-33(19)2/h3,6-7,9,19-21,37H,1,4-5,8,10-17H2,2H3/t19-,20?,21?/m0/s1. The molecule has 40 heavy (non-hydrogen) atoms. The Bertz CT molecular complexity index is 1320. The first-order chi connectivity index (χ1) is 19.3. The van der Waals surface area contributed by atoms with Crippen LogP contribution in [0.1, 0.15) is 42.5 Å². The molecule has 212 valence electrons. The number of phenols is 1. The highest BCUT2D eigenvalue weighted by Crippen LogP contribution is 2.37. The first-order valence-corrected chi connectivity index (χ1v) is 14.3. The first kappa shape index (κ1) is 27.0. The lowest BCUT2D eigenvalue weighted by Gasteiger charge is -2.49. The summed E-state index contributed by atoms with van der Waals surface area (Å²) in [6, 6.07) is 5.22. The summed E-state index contributed by atoms with van der Waals surface area (Å²) in [5, 5.41) is 10.6. The second kappa shape index (κ2) is 11.0. The minimum Gasteiger partial charge on any atom is -0.508 e. The molecule has 0 saturated carbocycles. The topological polar surface area (TPSA) is 102 Å². The quantitative estimate of drug-likeness (QED) is 0.507. The van der Waals surface area contributed by atoms with Crippen molar-refractivity contribution in [1.82, 2.24) is 24.7 Å². The molecule has 2 bridgehead atoms. The van der Waals surface area contributed by atoms with Crippen LogP contribution in [0.4, 0.5) is 5.82 Å². The summed E-state index contributed by atoms with van der Waals surface area (Å²) in [6.07, 6.45) is 4.24. The van der Waals surface area contributed by atoms with Crippen LogP contribution >= 0.6 is 11.6 Å². The molecule has 3 saturated heterocycles. The molecule has 1 amide bonds. The van der Waals surface area contributed by atoms with E-state index in [0.29, 0.717) is 69.2 Å². The Morgan fingerprint density at radius 2 is 2.00 bits per heavy atom. The Kier molecular flexibility index (Phi) is 7.41. The van der Waals surface area contributed by atoms with Crippen molar-refractivity contribution in [3.8, 4) is 11.8 Å². The average Bonchev–Trinajstić information content (AvgIpc) is 3.52. The van der Waals surface area contributed by atoms with E-state index in [-0.39, 0.29) is 29.5 Å². The number of phenolic OH excluding ortho intramolecular Hbond substituents is 1. The number of hydrogen-bond donors (Lipinski definition) is 1. The first-order valence-electron chi connectivity index (χ1n) is 13.9. The number of piperidine rings is 1. The van der Waals surface area contributed by atoms with Crippen LogP contribution in [0.25, 0.3) is 0 Å². The third-order valence-electron chi connectivity index (χ3n) is 8.61. The number of likely N-dealkylation sites (N-methyl/N-ethyl adjacent to an activating group) is 1. The molecule has 1 aromatic carbocycles. The number of hydrogen-bond acceptors (Lipinski definition) is 9. The average molecular weight is 567 g/mol. The van der Waals surface area contributed by atoms with Gasteiger partial charge in [-0.05, 0) is 56.3 Å². The molecule has 0 spiro atoms. The number of carbonyl (C=O) groups is 2. The minimum atomic E-state index is -0.226. The number of rotatable bonds is 7. The van der Waals surface area contributed by atoms with Gasteiger partial charge in [0.25, 0.3) is 0 Å². The molecule has 1 aromatic heterocycles. The van der Waals surface area contributed by atoms with E-state index in [1.807, 2.05) is 4.90 Å². The van der Waals surface area contributed by atoms with Gasteiger partial charge in [0.1, 0.15) is 24.0 Å². The number of likely N-dealkylation sites (tertiary alicyclic amines) is 1. The van der Waals surface area contributed by atoms with Gasteiger partial charge in [-0.25, -0.2) is 0 Å². The summed E-state index contributed by atoms with van der Waals surface area (Å²) < 4.78 is 6.20. The predicted molar refractivity (Wildman–Crippen MR) is 150 cm³/mol. The Morgan fingerprint density at radius 1 is 1.23 bits per heavy atom. The summed E-state index contributed by atoms with van der Waals surface area (Å²) in [5.41, 5.74) is 2.77. The largest absolute Gasteiger partial charge is 0.508 e. The summed E-state index contributed by atoms with van der Waals surface area (Å²) in [4.78, 5) is 43.5. The molecule has 0 radical (unpaired) electrons. The zero-order valence-corrected chi connectivity index (χ0v) is 23.5. The molecule has 1 N–H and O–H groups in total. The molecule has 4 aliphatic heterocycles. The van der Waals surface area contributed by atoms with Crippen LogP contribution in [0.15, 0.2) is 30.9 Å². The van der Waals surface area contributed by atoms with Crippen LogP contribution in [0, 0.1) is 0 Å². The minimum absolute atomic E-state index is 0.131. The van der Waals surface area contributed by atoms with E-state index in [4.69, 9.17) is 26.3 Å². The van der Waals surface area contributed by atoms with E-state index in [9.17, 15) is 14.7 Å². The number of aromatic nitrogens is 2. The van der Waals surface area contributed by atoms with Crippen molar-refractivity contribution < 1.29 is 19.4 Å². The van der Waals surface area contributed by atoms with Gasteiger partial charge in [0, 0.05) is 62.2 Å². The number of benzene rings is 1. The molecule has 5 heterocycles. The molecular formula is C29H35ClN6O4. The fraction of sp³-hybridized carbons (Fsp3) is 0.517. The number of Topliss-reactive ketones (excluding diaryl/α,β-unsaturated/α-hetero) is 1. The third kappa shape index (κ3) is 5.27. The number of nitrogens with zero attached hydrogens (tertiary/aromatic N) is 6. The van der Waals surface area contributed by atoms with E-state index in [2.05, 4.69) is 28.3 Å². The van der Waals surface area contributed by atoms with Gasteiger partial charge in [0.2, 0.25) is 5.91 Å². The summed E-state index contributed by atoms with van der Waals surface area (Å²) in [6.45, 7) is 8.03. The zero-order chi connectivity index (χ0) is 28.0. The van der Waals surface area contributed by atoms with Gasteiger partial charge >= 0.3 is 6.01 Å². The number of amides is 1. The molecule has 3 atom stereocenters. The van der Waals surface area contributed by atoms with Gasteiger partial charge in [0.05, 0.1) is 17.8 Å². The normalized spacial score (nSPS) is 24.9. The fourth-order valence-electron chi connectivity index (χ4n) is 6.63. The van der Waals surface area contributed by atoms with Gasteiger partial charge in [0.15, 0.2) is 0 Å². The Balaban J connectivity index is 1.29. The van der Waals surface area contributed by atoms with Crippen LogP contribution in [0.3, 0.4) is 0 Å². The molecule has 2 aromatic rings. The third-order valence-corrected chi connectivity index (χ3v) is 8.98. The number of anilines is 1. The highest BCUT2D eigenvalue weighted by atomic mass is 35.5. The molecule has 0 aliphatic carbocycles. The summed E-state index contributed by atoms with van der Waals surface area (Å²) in [7, 11) is 2.12. The lowest BCUT2D eigenvalue weighted by molar-refractivity contribution is -0.138. The van der Waals surface area contributed by atoms with Crippen LogP contribution in [-0.4, -0.2) is 92.9 Å². The smallest absolute Gasteiger partial charge is 0.318 e. The van der Waals surface area contributed by atoms with Crippen molar-refractivity contribution in [1.29, 1.82) is 0 Å². The lowest BCUT2D eigenvalue weighted by Crippen LogP contribution is -2.64. The number of ether oxygens (including phenoxy) is 1. The molecule has 4 aliphatic rings. The Labute approximate surface area is 239 Å². The number of carbonyl (C=O) groups excluding carboxylic acids is 2. The van der Waals surface area contributed by atoms with Crippen LogP contribution in [0.2, 0.25) is 5.02 Å². The second-order valence-corrected chi connectivity index (χ2v) is 11.8. The van der Waals surface area contributed by atoms with Crippen molar-refractivity contribution in [2.24, 2.45) is 0 Å². The van der Waals surface area contributed by atoms with Gasteiger partial charge in [-0.1, -0.05) is 18.2 Å². The fourth-order valence-corrected chi connectivity index (χ4v) is 6.81. The van der Waals surface area contributed by atoms with Crippen molar-refractivity contribution in [3.05, 3.63) is 52.7 Å². The molecule has 6 rings (SSSR count). The molecule has 3 fully saturated rings. The monoisotopic (exact) mass is 566 g/mol. The molecule has 10 nitrogen and oxygen atoms in total. The van der Waals surface area contributed by atoms with Crippen LogP contribution in [-0.2, 0) is 29.2 Å². The Hall–Kier alpha value is -3.21.